The standard InChI is InChI=1S/C21H22N4O4/c1-12(26)24-21-6-16-17(7-22-20(16)8-23-21)19-5-14(29-15-10-28-11-15)4-18(25-19)13-2-3-27-9-13/h4-8,13,15,22H,2-3,9-11H2,1H3,(H,23,24,26). The van der Waals surface area contributed by atoms with E-state index in [9.17, 15) is 4.79 Å². The van der Waals surface area contributed by atoms with Crippen molar-refractivity contribution < 1.29 is 19.0 Å². The van der Waals surface area contributed by atoms with Crippen molar-refractivity contribution >= 4 is 22.6 Å². The molecule has 3 aromatic heterocycles. The quantitative estimate of drug-likeness (QED) is 0.691. The Morgan fingerprint density at radius 2 is 2.14 bits per heavy atom. The van der Waals surface area contributed by atoms with E-state index >= 15 is 0 Å². The number of nitrogens with one attached hydrogen (secondary N) is 2. The van der Waals surface area contributed by atoms with Crippen LogP contribution in [0.25, 0.3) is 22.2 Å². The maximum absolute atomic E-state index is 11.4. The van der Waals surface area contributed by atoms with Crippen LogP contribution >= 0.6 is 0 Å². The highest BCUT2D eigenvalue weighted by molar-refractivity contribution is 5.97. The number of rotatable bonds is 5. The van der Waals surface area contributed by atoms with Crippen molar-refractivity contribution in [3.8, 4) is 17.0 Å². The third-order valence-corrected chi connectivity index (χ3v) is 5.22. The second-order valence-electron chi connectivity index (χ2n) is 7.45. The molecule has 0 saturated carbocycles. The van der Waals surface area contributed by atoms with Gasteiger partial charge in [-0.2, -0.15) is 0 Å². The molecule has 1 atom stereocenters. The number of fused-ring (bicyclic) bond motifs is 1. The second kappa shape index (κ2) is 7.46. The zero-order valence-electron chi connectivity index (χ0n) is 16.1. The number of aromatic amines is 1. The first-order valence-electron chi connectivity index (χ1n) is 9.75. The SMILES string of the molecule is CC(=O)Nc1cc2c(-c3cc(OC4COC4)cc(C4CCOC4)n3)c[nH]c2cn1. The highest BCUT2D eigenvalue weighted by Gasteiger charge is 2.24. The summed E-state index contributed by atoms with van der Waals surface area (Å²) in [5, 5.41) is 3.67. The lowest BCUT2D eigenvalue weighted by Gasteiger charge is -2.27. The molecule has 0 spiro atoms. The van der Waals surface area contributed by atoms with Gasteiger partial charge in [0, 0.05) is 48.7 Å². The van der Waals surface area contributed by atoms with Crippen LogP contribution in [0, 0.1) is 0 Å². The number of ether oxygens (including phenoxy) is 3. The minimum atomic E-state index is -0.159. The van der Waals surface area contributed by atoms with Crippen LogP contribution in [0.4, 0.5) is 5.82 Å². The summed E-state index contributed by atoms with van der Waals surface area (Å²) in [5.74, 6) is 1.40. The van der Waals surface area contributed by atoms with Gasteiger partial charge in [-0.1, -0.05) is 0 Å². The lowest BCUT2D eigenvalue weighted by molar-refractivity contribution is -0.114. The Balaban J connectivity index is 1.57. The molecule has 5 heterocycles. The third kappa shape index (κ3) is 3.68. The monoisotopic (exact) mass is 394 g/mol. The fraction of sp³-hybridized carbons (Fsp3) is 0.381. The van der Waals surface area contributed by atoms with Crippen LogP contribution in [-0.4, -0.2) is 53.4 Å². The molecule has 2 saturated heterocycles. The van der Waals surface area contributed by atoms with Crippen LogP contribution in [0.15, 0.2) is 30.6 Å². The Labute approximate surface area is 167 Å². The van der Waals surface area contributed by atoms with E-state index in [0.29, 0.717) is 25.6 Å². The Morgan fingerprint density at radius 1 is 1.24 bits per heavy atom. The van der Waals surface area contributed by atoms with Crippen molar-refractivity contribution in [3.63, 3.8) is 0 Å². The van der Waals surface area contributed by atoms with Gasteiger partial charge in [0.05, 0.1) is 42.9 Å². The molecule has 5 rings (SSSR count). The van der Waals surface area contributed by atoms with Crippen molar-refractivity contribution in [2.45, 2.75) is 25.4 Å². The summed E-state index contributed by atoms with van der Waals surface area (Å²) in [6.45, 7) is 4.11. The molecule has 150 valence electrons. The van der Waals surface area contributed by atoms with Gasteiger partial charge in [0.15, 0.2) is 0 Å². The predicted octanol–water partition coefficient (Wildman–Crippen LogP) is 2.86. The van der Waals surface area contributed by atoms with Crippen molar-refractivity contribution in [3.05, 3.63) is 36.3 Å². The van der Waals surface area contributed by atoms with E-state index in [4.69, 9.17) is 19.2 Å². The number of hydrogen-bond donors (Lipinski definition) is 2. The van der Waals surface area contributed by atoms with Gasteiger partial charge in [0.2, 0.25) is 5.91 Å². The van der Waals surface area contributed by atoms with Crippen LogP contribution in [0.1, 0.15) is 25.0 Å². The largest absolute Gasteiger partial charge is 0.485 e. The molecule has 2 aliphatic heterocycles. The molecule has 0 aromatic carbocycles. The number of hydrogen-bond acceptors (Lipinski definition) is 6. The number of carbonyl (C=O) groups excluding carboxylic acids is 1. The van der Waals surface area contributed by atoms with Crippen molar-refractivity contribution in [1.82, 2.24) is 15.0 Å². The first kappa shape index (κ1) is 18.1. The number of aromatic nitrogens is 3. The maximum atomic E-state index is 11.4. The highest BCUT2D eigenvalue weighted by atomic mass is 16.6. The van der Waals surface area contributed by atoms with E-state index in [1.807, 2.05) is 24.4 Å². The van der Waals surface area contributed by atoms with Gasteiger partial charge in [-0.25, -0.2) is 4.98 Å². The number of pyridine rings is 2. The lowest BCUT2D eigenvalue weighted by atomic mass is 10.0. The van der Waals surface area contributed by atoms with Gasteiger partial charge in [-0.05, 0) is 12.5 Å². The first-order valence-corrected chi connectivity index (χ1v) is 9.75. The molecular weight excluding hydrogens is 372 g/mol. The molecular formula is C21H22N4O4. The first-order chi connectivity index (χ1) is 14.2. The maximum Gasteiger partial charge on any atom is 0.222 e. The van der Waals surface area contributed by atoms with Crippen LogP contribution in [-0.2, 0) is 14.3 Å². The summed E-state index contributed by atoms with van der Waals surface area (Å²) < 4.78 is 16.9. The molecule has 0 aliphatic carbocycles. The van der Waals surface area contributed by atoms with Crippen LogP contribution in [0.2, 0.25) is 0 Å². The van der Waals surface area contributed by atoms with Gasteiger partial charge >= 0.3 is 0 Å². The molecule has 2 aliphatic rings. The summed E-state index contributed by atoms with van der Waals surface area (Å²) in [7, 11) is 0. The minimum absolute atomic E-state index is 0.0801. The van der Waals surface area contributed by atoms with E-state index < -0.39 is 0 Å². The average Bonchev–Trinajstić information content (AvgIpc) is 3.34. The highest BCUT2D eigenvalue weighted by Crippen LogP contribution is 2.34. The molecule has 2 fully saturated rings. The van der Waals surface area contributed by atoms with Crippen LogP contribution in [0.5, 0.6) is 5.75 Å². The Kier molecular flexibility index (Phi) is 4.65. The normalized spacial score (nSPS) is 19.3. The van der Waals surface area contributed by atoms with E-state index in [2.05, 4.69) is 15.3 Å². The van der Waals surface area contributed by atoms with Gasteiger partial charge in [-0.3, -0.25) is 9.78 Å². The Morgan fingerprint density at radius 3 is 2.86 bits per heavy atom. The van der Waals surface area contributed by atoms with E-state index in [1.54, 1.807) is 6.20 Å². The summed E-state index contributed by atoms with van der Waals surface area (Å²) in [6, 6.07) is 5.83. The van der Waals surface area contributed by atoms with E-state index in [1.165, 1.54) is 6.92 Å². The van der Waals surface area contributed by atoms with Crippen molar-refractivity contribution in [1.29, 1.82) is 0 Å². The number of nitrogens with zero attached hydrogens (tertiary/aromatic N) is 2. The van der Waals surface area contributed by atoms with E-state index in [-0.39, 0.29) is 17.9 Å². The molecule has 3 aromatic rings. The summed E-state index contributed by atoms with van der Waals surface area (Å²) in [4.78, 5) is 23.8. The number of H-pyrrole nitrogens is 1. The molecule has 29 heavy (non-hydrogen) atoms. The van der Waals surface area contributed by atoms with Crippen molar-refractivity contribution in [2.24, 2.45) is 0 Å². The van der Waals surface area contributed by atoms with Gasteiger partial charge in [0.1, 0.15) is 17.7 Å². The van der Waals surface area contributed by atoms with Gasteiger partial charge in [-0.15, -0.1) is 0 Å². The third-order valence-electron chi connectivity index (χ3n) is 5.22. The van der Waals surface area contributed by atoms with Crippen LogP contribution < -0.4 is 10.1 Å². The average molecular weight is 394 g/mol. The fourth-order valence-corrected chi connectivity index (χ4v) is 3.66. The molecule has 2 N–H and O–H groups in total. The minimum Gasteiger partial charge on any atom is -0.485 e. The zero-order chi connectivity index (χ0) is 19.8. The zero-order valence-corrected chi connectivity index (χ0v) is 16.1. The molecule has 8 nitrogen and oxygen atoms in total. The molecule has 0 bridgehead atoms. The number of anilines is 1. The molecule has 0 radical (unpaired) electrons. The summed E-state index contributed by atoms with van der Waals surface area (Å²) >= 11 is 0. The molecule has 8 heteroatoms. The van der Waals surface area contributed by atoms with E-state index in [0.717, 1.165) is 46.6 Å². The second-order valence-corrected chi connectivity index (χ2v) is 7.45. The van der Waals surface area contributed by atoms with Crippen molar-refractivity contribution in [2.75, 3.05) is 31.7 Å². The molecule has 1 amide bonds. The van der Waals surface area contributed by atoms with Crippen LogP contribution in [0.3, 0.4) is 0 Å². The Hall–Kier alpha value is -2.97. The molecule has 1 unspecified atom stereocenters. The topological polar surface area (TPSA) is 98.4 Å². The number of carbonyl (C=O) groups is 1. The Bertz CT molecular complexity index is 1050. The summed E-state index contributed by atoms with van der Waals surface area (Å²) in [6.07, 6.45) is 4.66. The summed E-state index contributed by atoms with van der Waals surface area (Å²) in [5.41, 5.74) is 3.60. The fourth-order valence-electron chi connectivity index (χ4n) is 3.66. The smallest absolute Gasteiger partial charge is 0.222 e. The lowest BCUT2D eigenvalue weighted by Crippen LogP contribution is -2.38. The predicted molar refractivity (Wildman–Crippen MR) is 107 cm³/mol. The van der Waals surface area contributed by atoms with Gasteiger partial charge in [0.25, 0.3) is 0 Å². The van der Waals surface area contributed by atoms with Gasteiger partial charge < -0.3 is 24.5 Å². The number of amides is 1.